The number of hydrogen-bond acceptors (Lipinski definition) is 4. The molecule has 0 rings (SSSR count). The van der Waals surface area contributed by atoms with Gasteiger partial charge in [0, 0.05) is 20.3 Å². The third-order valence-electron chi connectivity index (χ3n) is 1.92. The summed E-state index contributed by atoms with van der Waals surface area (Å²) in [7, 11) is 0.907. The zero-order chi connectivity index (χ0) is 11.0. The predicted octanol–water partition coefficient (Wildman–Crippen LogP) is 1.46. The van der Waals surface area contributed by atoms with E-state index < -0.39 is 8.80 Å². The van der Waals surface area contributed by atoms with Crippen molar-refractivity contribution in [1.82, 2.24) is 5.32 Å². The molecule has 86 valence electrons. The summed E-state index contributed by atoms with van der Waals surface area (Å²) in [5.41, 5.74) is 0. The Kier molecular flexibility index (Phi) is 7.39. The fraction of sp³-hybridized carbons (Fsp3) is 1.00. The molecule has 0 heterocycles. The molecular formula is C9H23NO3Si. The lowest BCUT2D eigenvalue weighted by Crippen LogP contribution is -2.47. The van der Waals surface area contributed by atoms with Crippen molar-refractivity contribution in [3.05, 3.63) is 0 Å². The van der Waals surface area contributed by atoms with Crippen LogP contribution in [0.25, 0.3) is 0 Å². The molecule has 14 heavy (non-hydrogen) atoms. The molecule has 0 aliphatic rings. The minimum Gasteiger partial charge on any atom is -0.377 e. The monoisotopic (exact) mass is 221 g/mol. The van der Waals surface area contributed by atoms with Crippen LogP contribution in [0.3, 0.4) is 0 Å². The lowest BCUT2D eigenvalue weighted by atomic mass is 10.3. The Bertz CT molecular complexity index is 140. The zero-order valence-corrected chi connectivity index (χ0v) is 10.9. The van der Waals surface area contributed by atoms with E-state index in [9.17, 15) is 0 Å². The van der Waals surface area contributed by atoms with E-state index in [-0.39, 0.29) is 0 Å². The molecule has 0 aromatic carbocycles. The van der Waals surface area contributed by atoms with Crippen molar-refractivity contribution in [2.24, 2.45) is 5.92 Å². The van der Waals surface area contributed by atoms with Crippen molar-refractivity contribution in [1.29, 1.82) is 0 Å². The van der Waals surface area contributed by atoms with Crippen LogP contribution >= 0.6 is 0 Å². The van der Waals surface area contributed by atoms with Gasteiger partial charge in [-0.3, -0.25) is 5.32 Å². The Balaban J connectivity index is 4.07. The molecule has 0 fully saturated rings. The van der Waals surface area contributed by atoms with Gasteiger partial charge in [0.15, 0.2) is 0 Å². The predicted molar refractivity (Wildman–Crippen MR) is 59.0 cm³/mol. The largest absolute Gasteiger partial charge is 0.501 e. The van der Waals surface area contributed by atoms with Crippen LogP contribution in [0.5, 0.6) is 0 Å². The van der Waals surface area contributed by atoms with Crippen LogP contribution < -0.4 is 5.32 Å². The van der Waals surface area contributed by atoms with Crippen molar-refractivity contribution < 1.29 is 13.3 Å². The molecule has 0 amide bonds. The number of nitrogens with one attached hydrogen (secondary N) is 1. The molecule has 0 spiro atoms. The standard InChI is InChI=1S/C9H23NO3Si/c1-6-10-8-13-14(11-4,12-5)7-9(2)3/h9-10H,6-8H2,1-5H3. The Labute approximate surface area is 88.3 Å². The Morgan fingerprint density at radius 3 is 2.14 bits per heavy atom. The van der Waals surface area contributed by atoms with Gasteiger partial charge in [0.2, 0.25) is 0 Å². The Hall–Kier alpha value is 0.0569. The van der Waals surface area contributed by atoms with Crippen LogP contribution in [0, 0.1) is 5.92 Å². The molecular weight excluding hydrogens is 198 g/mol. The molecule has 1 N–H and O–H groups in total. The van der Waals surface area contributed by atoms with Gasteiger partial charge >= 0.3 is 8.80 Å². The van der Waals surface area contributed by atoms with Gasteiger partial charge in [-0.15, -0.1) is 0 Å². The third kappa shape index (κ3) is 5.07. The van der Waals surface area contributed by atoms with Gasteiger partial charge in [-0.25, -0.2) is 0 Å². The van der Waals surface area contributed by atoms with Gasteiger partial charge < -0.3 is 13.3 Å². The average Bonchev–Trinajstić information content (AvgIpc) is 2.16. The smallest absolute Gasteiger partial charge is 0.377 e. The number of rotatable bonds is 8. The zero-order valence-electron chi connectivity index (χ0n) is 9.92. The summed E-state index contributed by atoms with van der Waals surface area (Å²) >= 11 is 0. The van der Waals surface area contributed by atoms with Gasteiger partial charge in [-0.1, -0.05) is 20.8 Å². The highest BCUT2D eigenvalue weighted by Gasteiger charge is 2.39. The summed E-state index contributed by atoms with van der Waals surface area (Å²) in [6.07, 6.45) is 0. The van der Waals surface area contributed by atoms with Crippen LogP contribution in [-0.4, -0.2) is 36.3 Å². The molecule has 0 radical (unpaired) electrons. The highest BCUT2D eigenvalue weighted by atomic mass is 28.4. The van der Waals surface area contributed by atoms with Gasteiger partial charge in [-0.05, 0) is 12.5 Å². The molecule has 0 aromatic rings. The first-order valence-electron chi connectivity index (χ1n) is 5.05. The van der Waals surface area contributed by atoms with E-state index in [2.05, 4.69) is 19.2 Å². The fourth-order valence-corrected chi connectivity index (χ4v) is 3.37. The topological polar surface area (TPSA) is 39.7 Å². The molecule has 0 bridgehead atoms. The highest BCUT2D eigenvalue weighted by Crippen LogP contribution is 2.18. The molecule has 0 saturated heterocycles. The molecule has 0 atom stereocenters. The van der Waals surface area contributed by atoms with E-state index in [0.29, 0.717) is 12.6 Å². The summed E-state index contributed by atoms with van der Waals surface area (Å²) in [5, 5.41) is 3.10. The Morgan fingerprint density at radius 1 is 1.21 bits per heavy atom. The Morgan fingerprint density at radius 2 is 1.79 bits per heavy atom. The van der Waals surface area contributed by atoms with Gasteiger partial charge in [0.1, 0.15) is 0 Å². The van der Waals surface area contributed by atoms with Crippen LogP contribution in [-0.2, 0) is 13.3 Å². The molecule has 0 aliphatic heterocycles. The van der Waals surface area contributed by atoms with Gasteiger partial charge in [0.05, 0.1) is 6.73 Å². The van der Waals surface area contributed by atoms with Crippen molar-refractivity contribution in [3.63, 3.8) is 0 Å². The fourth-order valence-electron chi connectivity index (χ4n) is 1.19. The average molecular weight is 221 g/mol. The summed E-state index contributed by atoms with van der Waals surface area (Å²) in [5.74, 6) is 0.517. The molecule has 0 unspecified atom stereocenters. The van der Waals surface area contributed by atoms with Crippen LogP contribution in [0.4, 0.5) is 0 Å². The van der Waals surface area contributed by atoms with Crippen LogP contribution in [0.15, 0.2) is 0 Å². The number of hydrogen-bond donors (Lipinski definition) is 1. The first-order chi connectivity index (χ1) is 6.60. The lowest BCUT2D eigenvalue weighted by molar-refractivity contribution is 0.0875. The highest BCUT2D eigenvalue weighted by molar-refractivity contribution is 6.60. The minimum atomic E-state index is -2.41. The van der Waals surface area contributed by atoms with Gasteiger partial charge in [-0.2, -0.15) is 0 Å². The van der Waals surface area contributed by atoms with Crippen molar-refractivity contribution >= 4 is 8.80 Å². The second-order valence-corrected chi connectivity index (χ2v) is 6.46. The molecule has 0 aromatic heterocycles. The van der Waals surface area contributed by atoms with E-state index in [1.165, 1.54) is 0 Å². The van der Waals surface area contributed by atoms with E-state index >= 15 is 0 Å². The maximum absolute atomic E-state index is 5.66. The first kappa shape index (κ1) is 14.1. The second-order valence-electron chi connectivity index (χ2n) is 3.58. The van der Waals surface area contributed by atoms with Crippen LogP contribution in [0.2, 0.25) is 6.04 Å². The third-order valence-corrected chi connectivity index (χ3v) is 5.07. The quantitative estimate of drug-likeness (QED) is 0.383. The first-order valence-corrected chi connectivity index (χ1v) is 6.98. The summed E-state index contributed by atoms with van der Waals surface area (Å²) in [6, 6.07) is 0.853. The molecule has 4 nitrogen and oxygen atoms in total. The summed E-state index contributed by atoms with van der Waals surface area (Å²) in [6.45, 7) is 7.69. The SMILES string of the molecule is CCNCO[Si](CC(C)C)(OC)OC. The normalized spacial score (nSPS) is 12.4. The van der Waals surface area contributed by atoms with E-state index in [1.54, 1.807) is 14.2 Å². The summed E-state index contributed by atoms with van der Waals surface area (Å²) < 4.78 is 16.5. The second kappa shape index (κ2) is 7.36. The van der Waals surface area contributed by atoms with E-state index in [1.807, 2.05) is 6.92 Å². The minimum absolute atomic E-state index is 0.497. The lowest BCUT2D eigenvalue weighted by Gasteiger charge is -2.27. The van der Waals surface area contributed by atoms with Crippen molar-refractivity contribution in [2.45, 2.75) is 26.8 Å². The molecule has 0 aliphatic carbocycles. The van der Waals surface area contributed by atoms with E-state index in [4.69, 9.17) is 13.3 Å². The van der Waals surface area contributed by atoms with Crippen molar-refractivity contribution in [3.8, 4) is 0 Å². The van der Waals surface area contributed by atoms with Gasteiger partial charge in [0.25, 0.3) is 0 Å². The molecule has 0 saturated carbocycles. The molecule has 5 heteroatoms. The maximum Gasteiger partial charge on any atom is 0.501 e. The van der Waals surface area contributed by atoms with E-state index in [0.717, 1.165) is 12.6 Å². The summed E-state index contributed by atoms with van der Waals surface area (Å²) in [4.78, 5) is 0. The van der Waals surface area contributed by atoms with Crippen LogP contribution in [0.1, 0.15) is 20.8 Å². The van der Waals surface area contributed by atoms with Crippen molar-refractivity contribution in [2.75, 3.05) is 27.5 Å². The maximum atomic E-state index is 5.66.